The zero-order valence-corrected chi connectivity index (χ0v) is 13.5. The van der Waals surface area contributed by atoms with Crippen molar-refractivity contribution >= 4 is 23.1 Å². The molecule has 2 heterocycles. The van der Waals surface area contributed by atoms with Crippen molar-refractivity contribution in [3.8, 4) is 0 Å². The molecule has 1 aliphatic rings. The second kappa shape index (κ2) is 7.23. The molecule has 1 aromatic heterocycles. The number of nitrogens with one attached hydrogen (secondary N) is 1. The summed E-state index contributed by atoms with van der Waals surface area (Å²) in [5, 5.41) is 3.20. The molecule has 6 nitrogen and oxygen atoms in total. The number of ketones is 1. The molecule has 1 N–H and O–H groups in total. The van der Waals surface area contributed by atoms with Crippen molar-refractivity contribution < 1.29 is 14.3 Å². The first-order valence-electron chi connectivity index (χ1n) is 7.83. The van der Waals surface area contributed by atoms with E-state index in [1.807, 2.05) is 12.1 Å². The number of anilines is 2. The molecule has 0 saturated carbocycles. The Morgan fingerprint density at radius 1 is 1.04 bits per heavy atom. The lowest BCUT2D eigenvalue weighted by molar-refractivity contribution is 0.0302. The summed E-state index contributed by atoms with van der Waals surface area (Å²) in [6.07, 6.45) is 3.23. The number of amides is 1. The quantitative estimate of drug-likeness (QED) is 0.875. The van der Waals surface area contributed by atoms with Crippen molar-refractivity contribution in [3.05, 3.63) is 53.9 Å². The largest absolute Gasteiger partial charge is 0.378 e. The first-order chi connectivity index (χ1) is 11.6. The fraction of sp³-hybridized carbons (Fsp3) is 0.278. The van der Waals surface area contributed by atoms with Crippen molar-refractivity contribution in [1.29, 1.82) is 0 Å². The van der Waals surface area contributed by atoms with E-state index < -0.39 is 0 Å². The maximum Gasteiger partial charge on any atom is 0.255 e. The Morgan fingerprint density at radius 3 is 2.42 bits per heavy atom. The zero-order chi connectivity index (χ0) is 16.9. The van der Waals surface area contributed by atoms with Gasteiger partial charge in [-0.3, -0.25) is 14.6 Å². The third-order valence-electron chi connectivity index (χ3n) is 3.86. The minimum absolute atomic E-state index is 0.0290. The average molecular weight is 325 g/mol. The Kier molecular flexibility index (Phi) is 4.86. The molecule has 1 saturated heterocycles. The van der Waals surface area contributed by atoms with Crippen LogP contribution in [0.5, 0.6) is 0 Å². The number of nitrogens with zero attached hydrogens (tertiary/aromatic N) is 2. The minimum atomic E-state index is -0.0404. The lowest BCUT2D eigenvalue weighted by Gasteiger charge is -2.26. The van der Waals surface area contributed by atoms with E-state index in [1.165, 1.54) is 6.92 Å². The SMILES string of the molecule is CC(=O)c1ccc(Nc2cncc(C(=O)N3CCOCC3)c2)cc1. The highest BCUT2D eigenvalue weighted by atomic mass is 16.5. The smallest absolute Gasteiger partial charge is 0.255 e. The van der Waals surface area contributed by atoms with Crippen LogP contribution in [0.2, 0.25) is 0 Å². The Morgan fingerprint density at radius 2 is 1.75 bits per heavy atom. The number of Topliss-reactive ketones (excluding diaryl/α,β-unsaturated/α-hetero) is 1. The molecule has 0 aliphatic carbocycles. The van der Waals surface area contributed by atoms with Crippen LogP contribution in [0.25, 0.3) is 0 Å². The second-order valence-corrected chi connectivity index (χ2v) is 5.63. The summed E-state index contributed by atoms with van der Waals surface area (Å²) in [5.74, 6) is -0.0114. The molecule has 0 spiro atoms. The van der Waals surface area contributed by atoms with Crippen molar-refractivity contribution in [3.63, 3.8) is 0 Å². The van der Waals surface area contributed by atoms with Gasteiger partial charge in [0.1, 0.15) is 0 Å². The van der Waals surface area contributed by atoms with Gasteiger partial charge in [0.25, 0.3) is 5.91 Å². The molecule has 1 aromatic carbocycles. The second-order valence-electron chi connectivity index (χ2n) is 5.63. The van der Waals surface area contributed by atoms with Gasteiger partial charge in [0.05, 0.1) is 30.7 Å². The van der Waals surface area contributed by atoms with E-state index >= 15 is 0 Å². The molecular weight excluding hydrogens is 306 g/mol. The third-order valence-corrected chi connectivity index (χ3v) is 3.86. The van der Waals surface area contributed by atoms with Gasteiger partial charge in [-0.05, 0) is 37.3 Å². The predicted octanol–water partition coefficient (Wildman–Crippen LogP) is 2.50. The van der Waals surface area contributed by atoms with Crippen LogP contribution < -0.4 is 5.32 Å². The molecule has 0 atom stereocenters. The molecule has 0 unspecified atom stereocenters. The van der Waals surface area contributed by atoms with Crippen LogP contribution in [0.4, 0.5) is 11.4 Å². The van der Waals surface area contributed by atoms with E-state index in [9.17, 15) is 9.59 Å². The van der Waals surface area contributed by atoms with Gasteiger partial charge in [-0.25, -0.2) is 0 Å². The number of ether oxygens (including phenoxy) is 1. The Balaban J connectivity index is 1.72. The Labute approximate surface area is 140 Å². The maximum atomic E-state index is 12.5. The highest BCUT2D eigenvalue weighted by Crippen LogP contribution is 2.18. The van der Waals surface area contributed by atoms with Crippen LogP contribution in [-0.2, 0) is 4.74 Å². The summed E-state index contributed by atoms with van der Waals surface area (Å²) >= 11 is 0. The number of aromatic nitrogens is 1. The average Bonchev–Trinajstić information content (AvgIpc) is 2.62. The number of pyridine rings is 1. The van der Waals surface area contributed by atoms with Crippen LogP contribution in [0, 0.1) is 0 Å². The summed E-state index contributed by atoms with van der Waals surface area (Å²) in [7, 11) is 0. The number of rotatable bonds is 4. The van der Waals surface area contributed by atoms with Gasteiger partial charge >= 0.3 is 0 Å². The summed E-state index contributed by atoms with van der Waals surface area (Å²) in [4.78, 5) is 29.7. The first kappa shape index (κ1) is 16.1. The van der Waals surface area contributed by atoms with Gasteiger partial charge in [-0.1, -0.05) is 0 Å². The van der Waals surface area contributed by atoms with Crippen molar-refractivity contribution in [2.24, 2.45) is 0 Å². The molecule has 1 aliphatic heterocycles. The molecular formula is C18H19N3O3. The number of carbonyl (C=O) groups is 2. The van der Waals surface area contributed by atoms with Crippen molar-refractivity contribution in [2.75, 3.05) is 31.6 Å². The molecule has 1 amide bonds. The third kappa shape index (κ3) is 3.78. The van der Waals surface area contributed by atoms with Gasteiger partial charge in [0.15, 0.2) is 5.78 Å². The van der Waals surface area contributed by atoms with Gasteiger partial charge in [0.2, 0.25) is 0 Å². The molecule has 0 radical (unpaired) electrons. The predicted molar refractivity (Wildman–Crippen MR) is 90.7 cm³/mol. The molecule has 1 fully saturated rings. The first-order valence-corrected chi connectivity index (χ1v) is 7.83. The van der Waals surface area contributed by atoms with Gasteiger partial charge in [-0.2, -0.15) is 0 Å². The molecule has 0 bridgehead atoms. The van der Waals surface area contributed by atoms with E-state index in [0.717, 1.165) is 11.4 Å². The fourth-order valence-electron chi connectivity index (χ4n) is 2.53. The lowest BCUT2D eigenvalue weighted by Crippen LogP contribution is -2.40. The topological polar surface area (TPSA) is 71.5 Å². The highest BCUT2D eigenvalue weighted by Gasteiger charge is 2.19. The number of benzene rings is 1. The summed E-state index contributed by atoms with van der Waals surface area (Å²) in [6.45, 7) is 3.87. The van der Waals surface area contributed by atoms with Gasteiger partial charge < -0.3 is 15.0 Å². The van der Waals surface area contributed by atoms with E-state index in [1.54, 1.807) is 35.5 Å². The van der Waals surface area contributed by atoms with E-state index in [2.05, 4.69) is 10.3 Å². The van der Waals surface area contributed by atoms with Gasteiger partial charge in [-0.15, -0.1) is 0 Å². The van der Waals surface area contributed by atoms with Crippen LogP contribution in [0.1, 0.15) is 27.6 Å². The highest BCUT2D eigenvalue weighted by molar-refractivity contribution is 5.95. The van der Waals surface area contributed by atoms with Crippen molar-refractivity contribution in [2.45, 2.75) is 6.92 Å². The standard InChI is InChI=1S/C18H19N3O3/c1-13(22)14-2-4-16(5-3-14)20-17-10-15(11-19-12-17)18(23)21-6-8-24-9-7-21/h2-5,10-12,20H,6-9H2,1H3. The number of carbonyl (C=O) groups excluding carboxylic acids is 2. The van der Waals surface area contributed by atoms with Crippen LogP contribution >= 0.6 is 0 Å². The summed E-state index contributed by atoms with van der Waals surface area (Å²) in [5.41, 5.74) is 2.76. The minimum Gasteiger partial charge on any atom is -0.378 e. The van der Waals surface area contributed by atoms with Crippen LogP contribution in [0.3, 0.4) is 0 Å². The molecule has 6 heteroatoms. The number of hydrogen-bond acceptors (Lipinski definition) is 5. The van der Waals surface area contributed by atoms with Gasteiger partial charge in [0, 0.05) is 30.5 Å². The summed E-state index contributed by atoms with van der Waals surface area (Å²) < 4.78 is 5.27. The number of hydrogen-bond donors (Lipinski definition) is 1. The van der Waals surface area contributed by atoms with Crippen molar-refractivity contribution in [1.82, 2.24) is 9.88 Å². The van der Waals surface area contributed by atoms with E-state index in [4.69, 9.17) is 4.74 Å². The summed E-state index contributed by atoms with van der Waals surface area (Å²) in [6, 6.07) is 8.96. The Hall–Kier alpha value is -2.73. The zero-order valence-electron chi connectivity index (χ0n) is 13.5. The van der Waals surface area contributed by atoms with Crippen LogP contribution in [-0.4, -0.2) is 47.9 Å². The number of morpholine rings is 1. The lowest BCUT2D eigenvalue weighted by atomic mass is 10.1. The monoisotopic (exact) mass is 325 g/mol. The van der Waals surface area contributed by atoms with E-state index in [-0.39, 0.29) is 11.7 Å². The molecule has 24 heavy (non-hydrogen) atoms. The Bertz CT molecular complexity index is 737. The molecule has 2 aromatic rings. The molecule has 3 rings (SSSR count). The van der Waals surface area contributed by atoms with E-state index in [0.29, 0.717) is 37.4 Å². The molecule has 124 valence electrons. The fourth-order valence-corrected chi connectivity index (χ4v) is 2.53. The normalized spacial score (nSPS) is 14.3. The van der Waals surface area contributed by atoms with Crippen LogP contribution in [0.15, 0.2) is 42.7 Å². The maximum absolute atomic E-state index is 12.5.